The van der Waals surface area contributed by atoms with Crippen molar-refractivity contribution in [2.24, 2.45) is 17.3 Å². The predicted molar refractivity (Wildman–Crippen MR) is 167 cm³/mol. The zero-order valence-corrected chi connectivity index (χ0v) is 26.0. The maximum absolute atomic E-state index is 13.9. The molecule has 1 aromatic heterocycles. The summed E-state index contributed by atoms with van der Waals surface area (Å²) < 4.78 is 0. The lowest BCUT2D eigenvalue weighted by molar-refractivity contribution is -0.141. The number of H-pyrrole nitrogens is 1. The number of fused-ring (bicyclic) bond motifs is 1. The highest BCUT2D eigenvalue weighted by molar-refractivity contribution is 5.85. The third-order valence-electron chi connectivity index (χ3n) is 7.25. The van der Waals surface area contributed by atoms with Crippen molar-refractivity contribution >= 4 is 28.4 Å². The van der Waals surface area contributed by atoms with Gasteiger partial charge in [0.2, 0.25) is 11.8 Å². The van der Waals surface area contributed by atoms with Crippen LogP contribution in [0, 0.1) is 17.3 Å². The van der Waals surface area contributed by atoms with Crippen molar-refractivity contribution in [2.75, 3.05) is 38.6 Å². The molecule has 218 valence electrons. The largest absolute Gasteiger partial charge is 0.378 e. The molecule has 0 aliphatic heterocycles. The van der Waals surface area contributed by atoms with Crippen LogP contribution >= 0.6 is 0 Å². The summed E-state index contributed by atoms with van der Waals surface area (Å²) in [5.74, 6) is 0.623. The van der Waals surface area contributed by atoms with Gasteiger partial charge in [-0.2, -0.15) is 0 Å². The number of benzene rings is 2. The van der Waals surface area contributed by atoms with E-state index in [0.29, 0.717) is 26.1 Å². The first kappa shape index (κ1) is 31.3. The molecule has 0 saturated heterocycles. The molecule has 1 N–H and O–H groups in total. The van der Waals surface area contributed by atoms with Crippen molar-refractivity contribution in [1.82, 2.24) is 14.8 Å². The van der Waals surface area contributed by atoms with E-state index in [2.05, 4.69) is 87.8 Å². The Morgan fingerprint density at radius 3 is 2.20 bits per heavy atom. The molecule has 40 heavy (non-hydrogen) atoms. The molecule has 6 nitrogen and oxygen atoms in total. The molecule has 0 radical (unpaired) electrons. The van der Waals surface area contributed by atoms with E-state index in [1.807, 2.05) is 37.3 Å². The van der Waals surface area contributed by atoms with Gasteiger partial charge < -0.3 is 19.7 Å². The summed E-state index contributed by atoms with van der Waals surface area (Å²) >= 11 is 0. The lowest BCUT2D eigenvalue weighted by Crippen LogP contribution is -2.45. The van der Waals surface area contributed by atoms with Gasteiger partial charge in [-0.05, 0) is 59.4 Å². The smallest absolute Gasteiger partial charge is 0.242 e. The van der Waals surface area contributed by atoms with Crippen LogP contribution in [-0.2, 0) is 22.6 Å². The molecule has 3 aromatic rings. The van der Waals surface area contributed by atoms with Crippen LogP contribution in [0.1, 0.15) is 65.5 Å². The molecular formula is C34H50N4O2. The number of rotatable bonds is 13. The Morgan fingerprint density at radius 2 is 1.57 bits per heavy atom. The van der Waals surface area contributed by atoms with E-state index in [9.17, 15) is 9.59 Å². The third kappa shape index (κ3) is 9.42. The molecule has 1 atom stereocenters. The molecule has 0 aliphatic rings. The van der Waals surface area contributed by atoms with E-state index in [4.69, 9.17) is 0 Å². The van der Waals surface area contributed by atoms with Crippen LogP contribution in [0.3, 0.4) is 0 Å². The number of nitrogens with zero attached hydrogens (tertiary/aromatic N) is 3. The molecule has 6 heteroatoms. The molecule has 0 fully saturated rings. The van der Waals surface area contributed by atoms with Crippen LogP contribution in [0.15, 0.2) is 54.7 Å². The number of para-hydroxylation sites is 1. The van der Waals surface area contributed by atoms with Crippen LogP contribution in [-0.4, -0.2) is 60.3 Å². The lowest BCUT2D eigenvalue weighted by Gasteiger charge is -2.30. The average Bonchev–Trinajstić information content (AvgIpc) is 3.28. The van der Waals surface area contributed by atoms with Gasteiger partial charge in [-0.25, -0.2) is 0 Å². The minimum Gasteiger partial charge on any atom is -0.378 e. The van der Waals surface area contributed by atoms with E-state index in [0.717, 1.165) is 29.6 Å². The first-order valence-electron chi connectivity index (χ1n) is 14.7. The van der Waals surface area contributed by atoms with Crippen molar-refractivity contribution in [1.29, 1.82) is 0 Å². The number of carbonyl (C=O) groups is 2. The predicted octanol–water partition coefficient (Wildman–Crippen LogP) is 6.75. The Bertz CT molecular complexity index is 1240. The van der Waals surface area contributed by atoms with Gasteiger partial charge in [0.25, 0.3) is 0 Å². The van der Waals surface area contributed by atoms with Crippen LogP contribution < -0.4 is 4.90 Å². The van der Waals surface area contributed by atoms with E-state index in [1.54, 1.807) is 4.90 Å². The molecule has 0 saturated carbocycles. The van der Waals surface area contributed by atoms with E-state index >= 15 is 0 Å². The molecule has 0 spiro atoms. The lowest BCUT2D eigenvalue weighted by atomic mass is 9.84. The number of amides is 2. The maximum atomic E-state index is 13.9. The second kappa shape index (κ2) is 13.9. The third-order valence-corrected chi connectivity index (χ3v) is 7.25. The number of aromatic amines is 1. The summed E-state index contributed by atoms with van der Waals surface area (Å²) in [6.07, 6.45) is 4.23. The minimum atomic E-state index is -0.00555. The Labute approximate surface area is 241 Å². The number of hydrogen-bond acceptors (Lipinski definition) is 3. The summed E-state index contributed by atoms with van der Waals surface area (Å²) in [5.41, 5.74) is 4.67. The molecule has 1 unspecified atom stereocenters. The van der Waals surface area contributed by atoms with Gasteiger partial charge in [0.15, 0.2) is 0 Å². The Morgan fingerprint density at radius 1 is 0.900 bits per heavy atom. The highest BCUT2D eigenvalue weighted by Gasteiger charge is 2.25. The average molecular weight is 547 g/mol. The fourth-order valence-electron chi connectivity index (χ4n) is 5.51. The van der Waals surface area contributed by atoms with E-state index in [-0.39, 0.29) is 35.6 Å². The highest BCUT2D eigenvalue weighted by atomic mass is 16.2. The van der Waals surface area contributed by atoms with Crippen molar-refractivity contribution in [3.63, 3.8) is 0 Å². The van der Waals surface area contributed by atoms with Gasteiger partial charge in [-0.1, -0.05) is 71.9 Å². The van der Waals surface area contributed by atoms with Crippen molar-refractivity contribution in [2.45, 2.75) is 67.3 Å². The quantitative estimate of drug-likeness (QED) is 0.258. The van der Waals surface area contributed by atoms with Crippen LogP contribution in [0.2, 0.25) is 0 Å². The number of anilines is 1. The molecule has 0 aliphatic carbocycles. The van der Waals surface area contributed by atoms with Crippen molar-refractivity contribution in [3.8, 4) is 0 Å². The fraction of sp³-hybridized carbons (Fsp3) is 0.529. The Hall–Kier alpha value is -3.28. The Balaban J connectivity index is 1.78. The van der Waals surface area contributed by atoms with Crippen LogP contribution in [0.4, 0.5) is 5.69 Å². The first-order chi connectivity index (χ1) is 18.8. The SMILES string of the molecule is CC(C)CN(CC(=O)N(CCc1c[nH]c2ccccc12)Cc1ccc(N(C)C)cc1)C(=O)CC(C)CC(C)(C)C. The summed E-state index contributed by atoms with van der Waals surface area (Å²) in [6, 6.07) is 16.6. The molecule has 3 rings (SSSR count). The van der Waals surface area contributed by atoms with E-state index in [1.165, 1.54) is 10.9 Å². The highest BCUT2D eigenvalue weighted by Crippen LogP contribution is 2.26. The summed E-state index contributed by atoms with van der Waals surface area (Å²) in [7, 11) is 4.05. The van der Waals surface area contributed by atoms with Crippen LogP contribution in [0.5, 0.6) is 0 Å². The van der Waals surface area contributed by atoms with Crippen LogP contribution in [0.25, 0.3) is 10.9 Å². The topological polar surface area (TPSA) is 59.7 Å². The Kier molecular flexibility index (Phi) is 10.8. The van der Waals surface area contributed by atoms with Gasteiger partial charge in [0, 0.05) is 62.9 Å². The summed E-state index contributed by atoms with van der Waals surface area (Å²) in [6.45, 7) is 14.8. The van der Waals surface area contributed by atoms with Gasteiger partial charge in [-0.15, -0.1) is 0 Å². The standard InChI is InChI=1S/C34H50N4O2/c1-25(2)22-38(32(39)19-26(3)20-34(4,5)6)24-33(40)37(23-27-13-15-29(16-14-27)36(7)8)18-17-28-21-35-31-12-10-9-11-30(28)31/h9-16,21,25-26,35H,17-20,22-24H2,1-8H3. The number of aromatic nitrogens is 1. The maximum Gasteiger partial charge on any atom is 0.242 e. The summed E-state index contributed by atoms with van der Waals surface area (Å²) in [4.78, 5) is 36.4. The zero-order chi connectivity index (χ0) is 29.4. The number of hydrogen-bond donors (Lipinski definition) is 1. The molecular weight excluding hydrogens is 496 g/mol. The number of carbonyl (C=O) groups excluding carboxylic acids is 2. The van der Waals surface area contributed by atoms with Gasteiger partial charge in [0.05, 0.1) is 6.54 Å². The second-order valence-electron chi connectivity index (χ2n) is 13.2. The normalized spacial score (nSPS) is 12.5. The van der Waals surface area contributed by atoms with Gasteiger partial charge >= 0.3 is 0 Å². The first-order valence-corrected chi connectivity index (χ1v) is 14.7. The van der Waals surface area contributed by atoms with Gasteiger partial charge in [-0.3, -0.25) is 9.59 Å². The molecule has 1 heterocycles. The summed E-state index contributed by atoms with van der Waals surface area (Å²) in [5, 5.41) is 1.19. The van der Waals surface area contributed by atoms with E-state index < -0.39 is 0 Å². The molecule has 0 bridgehead atoms. The van der Waals surface area contributed by atoms with Gasteiger partial charge in [0.1, 0.15) is 0 Å². The molecule has 2 aromatic carbocycles. The monoisotopic (exact) mass is 546 g/mol. The molecule has 2 amide bonds. The zero-order valence-electron chi connectivity index (χ0n) is 26.0. The number of nitrogens with one attached hydrogen (secondary N) is 1. The van der Waals surface area contributed by atoms with Crippen molar-refractivity contribution in [3.05, 3.63) is 65.9 Å². The fourth-order valence-corrected chi connectivity index (χ4v) is 5.51. The second-order valence-corrected chi connectivity index (χ2v) is 13.2. The van der Waals surface area contributed by atoms with Crippen molar-refractivity contribution < 1.29 is 9.59 Å². The minimum absolute atomic E-state index is 0.00555.